The average Bonchev–Trinajstić information content (AvgIpc) is 3.58. The van der Waals surface area contributed by atoms with Gasteiger partial charge in [0.1, 0.15) is 0 Å². The number of benzene rings is 6. The van der Waals surface area contributed by atoms with Crippen LogP contribution in [0.4, 0.5) is 0 Å². The molecule has 5 heteroatoms. The van der Waals surface area contributed by atoms with E-state index in [9.17, 15) is 15.8 Å². The maximum absolute atomic E-state index is 10.5. The minimum absolute atomic E-state index is 0.158. The molecule has 2 atom stereocenters. The van der Waals surface area contributed by atoms with Crippen molar-refractivity contribution in [2.24, 2.45) is 0 Å². The molecule has 9 rings (SSSR count). The van der Waals surface area contributed by atoms with Gasteiger partial charge in [0.25, 0.3) is 0 Å². The molecule has 5 nitrogen and oxygen atoms in total. The van der Waals surface area contributed by atoms with Gasteiger partial charge < -0.3 is 9.13 Å². The van der Waals surface area contributed by atoms with E-state index in [4.69, 9.17) is 0 Å². The Morgan fingerprint density at radius 1 is 0.549 bits per heavy atom. The van der Waals surface area contributed by atoms with Gasteiger partial charge in [0.05, 0.1) is 68.6 Å². The quantitative estimate of drug-likeness (QED) is 0.141. The number of para-hydroxylation sites is 3. The van der Waals surface area contributed by atoms with E-state index in [1.54, 1.807) is 6.07 Å². The number of nitriles is 3. The Kier molecular flexibility index (Phi) is 7.00. The lowest BCUT2D eigenvalue weighted by molar-refractivity contribution is 0.865. The smallest absolute Gasteiger partial charge is 0.0996 e. The Morgan fingerprint density at radius 3 is 1.88 bits per heavy atom. The van der Waals surface area contributed by atoms with E-state index in [1.807, 2.05) is 60.7 Å². The van der Waals surface area contributed by atoms with Crippen molar-refractivity contribution in [3.05, 3.63) is 167 Å². The second-order valence-corrected chi connectivity index (χ2v) is 12.8. The molecule has 0 spiro atoms. The summed E-state index contributed by atoms with van der Waals surface area (Å²) in [6.45, 7) is 0. The number of rotatable bonds is 4. The van der Waals surface area contributed by atoms with Gasteiger partial charge in [0.15, 0.2) is 0 Å². The van der Waals surface area contributed by atoms with E-state index in [0.717, 1.165) is 66.1 Å². The first-order valence-electron chi connectivity index (χ1n) is 16.8. The molecule has 1 aliphatic carbocycles. The van der Waals surface area contributed by atoms with Gasteiger partial charge in [-0.3, -0.25) is 0 Å². The molecule has 0 saturated carbocycles. The van der Waals surface area contributed by atoms with Gasteiger partial charge in [-0.25, -0.2) is 0 Å². The van der Waals surface area contributed by atoms with Crippen molar-refractivity contribution >= 4 is 43.6 Å². The highest BCUT2D eigenvalue weighted by Crippen LogP contribution is 2.39. The zero-order valence-electron chi connectivity index (χ0n) is 27.4. The van der Waals surface area contributed by atoms with Crippen LogP contribution in [-0.4, -0.2) is 9.13 Å². The summed E-state index contributed by atoms with van der Waals surface area (Å²) in [6, 6.07) is 49.8. The fraction of sp³-hybridized carbons (Fsp3) is 0.0652. The summed E-state index contributed by atoms with van der Waals surface area (Å²) in [6.07, 6.45) is 4.86. The summed E-state index contributed by atoms with van der Waals surface area (Å²) in [4.78, 5) is 0. The van der Waals surface area contributed by atoms with Crippen molar-refractivity contribution in [1.82, 2.24) is 9.13 Å². The van der Waals surface area contributed by atoms with E-state index in [2.05, 4.69) is 112 Å². The van der Waals surface area contributed by atoms with Crippen LogP contribution >= 0.6 is 0 Å². The van der Waals surface area contributed by atoms with Crippen LogP contribution in [0, 0.1) is 45.8 Å². The number of nitrogens with zero attached hydrogens (tertiary/aromatic N) is 5. The summed E-state index contributed by atoms with van der Waals surface area (Å²) in [7, 11) is 0. The monoisotopic (exact) mass is 649 g/mol. The summed E-state index contributed by atoms with van der Waals surface area (Å²) in [5, 5.41) is 34.5. The Bertz CT molecular complexity index is 2900. The third-order valence-electron chi connectivity index (χ3n) is 10.0. The fourth-order valence-corrected chi connectivity index (χ4v) is 7.76. The molecule has 236 valence electrons. The fourth-order valence-electron chi connectivity index (χ4n) is 7.76. The summed E-state index contributed by atoms with van der Waals surface area (Å²) < 4.78 is 4.44. The predicted octanol–water partition coefficient (Wildman–Crippen LogP) is 10.3. The van der Waals surface area contributed by atoms with Crippen LogP contribution < -0.4 is 0 Å². The SMILES string of the molecule is N#Cc1cc(C#N)c(C2C=CC(c3cccc(-n4c5ccccc5c5cc(C#N)ccc54)c3)C#CC2)c(-n2c3ccccc3c3ccccc32)c1. The topological polar surface area (TPSA) is 81.2 Å². The summed E-state index contributed by atoms with van der Waals surface area (Å²) in [5.41, 5.74) is 9.49. The maximum Gasteiger partial charge on any atom is 0.0996 e. The summed E-state index contributed by atoms with van der Waals surface area (Å²) >= 11 is 0. The number of fused-ring (bicyclic) bond motifs is 6. The molecule has 1 aliphatic rings. The van der Waals surface area contributed by atoms with Crippen molar-refractivity contribution in [1.29, 1.82) is 15.8 Å². The minimum atomic E-state index is -0.172. The predicted molar refractivity (Wildman–Crippen MR) is 203 cm³/mol. The van der Waals surface area contributed by atoms with Gasteiger partial charge in [-0.05, 0) is 66.2 Å². The molecule has 6 aromatic carbocycles. The third-order valence-corrected chi connectivity index (χ3v) is 10.0. The molecule has 0 fully saturated rings. The first-order chi connectivity index (χ1) is 25.2. The average molecular weight is 650 g/mol. The zero-order valence-corrected chi connectivity index (χ0v) is 27.4. The molecule has 8 aromatic rings. The van der Waals surface area contributed by atoms with Crippen molar-refractivity contribution in [2.45, 2.75) is 18.3 Å². The Balaban J connectivity index is 1.16. The number of allylic oxidation sites excluding steroid dienone is 2. The molecule has 0 saturated heterocycles. The second-order valence-electron chi connectivity index (χ2n) is 12.8. The molecule has 2 unspecified atom stereocenters. The van der Waals surface area contributed by atoms with Crippen LogP contribution in [0.5, 0.6) is 0 Å². The Morgan fingerprint density at radius 2 is 1.20 bits per heavy atom. The van der Waals surface area contributed by atoms with Crippen molar-refractivity contribution in [2.75, 3.05) is 0 Å². The van der Waals surface area contributed by atoms with Gasteiger partial charge >= 0.3 is 0 Å². The van der Waals surface area contributed by atoms with Crippen molar-refractivity contribution in [3.8, 4) is 41.4 Å². The first kappa shape index (κ1) is 29.8. The van der Waals surface area contributed by atoms with Gasteiger partial charge in [0.2, 0.25) is 0 Å². The van der Waals surface area contributed by atoms with Crippen molar-refractivity contribution in [3.63, 3.8) is 0 Å². The highest BCUT2D eigenvalue weighted by Gasteiger charge is 2.24. The minimum Gasteiger partial charge on any atom is -0.309 e. The molecule has 2 heterocycles. The molecule has 0 bridgehead atoms. The number of hydrogen-bond acceptors (Lipinski definition) is 3. The molecule has 0 amide bonds. The highest BCUT2D eigenvalue weighted by molar-refractivity contribution is 6.10. The van der Waals surface area contributed by atoms with Crippen LogP contribution in [0.3, 0.4) is 0 Å². The normalized spacial score (nSPS) is 15.2. The van der Waals surface area contributed by atoms with E-state index in [1.165, 1.54) is 0 Å². The van der Waals surface area contributed by atoms with Crippen LogP contribution in [-0.2, 0) is 0 Å². The lowest BCUT2D eigenvalue weighted by Crippen LogP contribution is -2.07. The van der Waals surface area contributed by atoms with Crippen LogP contribution in [0.15, 0.2) is 140 Å². The zero-order chi connectivity index (χ0) is 34.5. The van der Waals surface area contributed by atoms with E-state index >= 15 is 0 Å². The van der Waals surface area contributed by atoms with Gasteiger partial charge in [-0.1, -0.05) is 84.8 Å². The Hall–Kier alpha value is -7.31. The van der Waals surface area contributed by atoms with Crippen molar-refractivity contribution < 1.29 is 0 Å². The van der Waals surface area contributed by atoms with Crippen LogP contribution in [0.25, 0.3) is 55.0 Å². The highest BCUT2D eigenvalue weighted by atomic mass is 15.0. The van der Waals surface area contributed by atoms with E-state index in [-0.39, 0.29) is 11.8 Å². The molecule has 2 aromatic heterocycles. The van der Waals surface area contributed by atoms with Gasteiger partial charge in [0, 0.05) is 45.1 Å². The first-order valence-corrected chi connectivity index (χ1v) is 16.8. The largest absolute Gasteiger partial charge is 0.309 e. The van der Waals surface area contributed by atoms with E-state index in [0.29, 0.717) is 23.1 Å². The molecule has 0 radical (unpaired) electrons. The molecular weight excluding hydrogens is 623 g/mol. The van der Waals surface area contributed by atoms with Crippen LogP contribution in [0.1, 0.15) is 46.1 Å². The van der Waals surface area contributed by atoms with E-state index < -0.39 is 0 Å². The van der Waals surface area contributed by atoms with Gasteiger partial charge in [-0.2, -0.15) is 15.8 Å². The Labute approximate surface area is 294 Å². The number of aromatic nitrogens is 2. The molecule has 0 N–H and O–H groups in total. The lowest BCUT2D eigenvalue weighted by Gasteiger charge is -2.20. The molecule has 0 aliphatic heterocycles. The van der Waals surface area contributed by atoms with Crippen LogP contribution in [0.2, 0.25) is 0 Å². The number of hydrogen-bond donors (Lipinski definition) is 0. The molecular formula is C46H27N5. The maximum atomic E-state index is 10.5. The lowest BCUT2D eigenvalue weighted by atomic mass is 9.88. The standard InChI is InChI=1S/C46H27N5/c47-27-30-19-22-44-40(24-30)39-15-3-4-16-41(39)50(44)36-12-8-11-34(26-36)32-9-7-10-33(21-20-32)46-35(29-49)23-31(28-48)25-45(46)51-42-17-5-1-13-37(42)38-14-2-6-18-43(38)51/h1-6,8,11-26,32-33H,10H2. The van der Waals surface area contributed by atoms with Gasteiger partial charge in [-0.15, -0.1) is 5.92 Å². The summed E-state index contributed by atoms with van der Waals surface area (Å²) in [5.74, 6) is 6.64. The second kappa shape index (κ2) is 12.0. The third kappa shape index (κ3) is 4.77. The molecule has 51 heavy (non-hydrogen) atoms.